The highest BCUT2D eigenvalue weighted by molar-refractivity contribution is 7.92. The molecule has 3 rings (SSSR count). The molecule has 0 aliphatic heterocycles. The predicted octanol–water partition coefficient (Wildman–Crippen LogP) is 2.44. The molecule has 0 saturated carbocycles. The van der Waals surface area contributed by atoms with Crippen molar-refractivity contribution < 1.29 is 28.0 Å². The van der Waals surface area contributed by atoms with Gasteiger partial charge in [0.25, 0.3) is 21.6 Å². The van der Waals surface area contributed by atoms with E-state index in [9.17, 15) is 28.1 Å². The molecule has 32 heavy (non-hydrogen) atoms. The first-order valence-corrected chi connectivity index (χ1v) is 10.3. The van der Waals surface area contributed by atoms with Crippen molar-refractivity contribution in [2.24, 2.45) is 0 Å². The van der Waals surface area contributed by atoms with E-state index >= 15 is 0 Å². The minimum absolute atomic E-state index is 0.0951. The van der Waals surface area contributed by atoms with Gasteiger partial charge in [-0.15, -0.1) is 0 Å². The van der Waals surface area contributed by atoms with E-state index in [0.29, 0.717) is 5.69 Å². The molecule has 164 valence electrons. The maximum Gasteiger partial charge on any atom is 0.335 e. The number of non-ortho nitro benzene ring substituents is 1. The van der Waals surface area contributed by atoms with Gasteiger partial charge in [-0.1, -0.05) is 0 Å². The molecule has 0 atom stereocenters. The normalized spacial score (nSPS) is 10.9. The zero-order valence-corrected chi connectivity index (χ0v) is 17.2. The number of sulfonamides is 1. The molecule has 1 aromatic heterocycles. The van der Waals surface area contributed by atoms with Crippen molar-refractivity contribution in [1.29, 1.82) is 0 Å². The quantitative estimate of drug-likeness (QED) is 0.354. The Morgan fingerprint density at radius 3 is 2.31 bits per heavy atom. The number of nitro groups is 1. The van der Waals surface area contributed by atoms with Gasteiger partial charge in [0, 0.05) is 35.3 Å². The Bertz CT molecular complexity index is 1290. The minimum Gasteiger partial charge on any atom is -0.478 e. The second-order valence-corrected chi connectivity index (χ2v) is 8.12. The van der Waals surface area contributed by atoms with E-state index in [2.05, 4.69) is 20.0 Å². The highest BCUT2D eigenvalue weighted by atomic mass is 32.2. The van der Waals surface area contributed by atoms with E-state index in [0.717, 1.165) is 18.2 Å². The molecule has 2 aromatic carbocycles. The molecule has 3 N–H and O–H groups in total. The second-order valence-electron chi connectivity index (χ2n) is 6.44. The molecule has 0 unspecified atom stereocenters. The van der Waals surface area contributed by atoms with Gasteiger partial charge in [-0.2, -0.15) is 0 Å². The van der Waals surface area contributed by atoms with Crippen LogP contribution in [0, 0.1) is 17.0 Å². The molecule has 0 radical (unpaired) electrons. The fourth-order valence-corrected chi connectivity index (χ4v) is 3.52. The lowest BCUT2D eigenvalue weighted by Crippen LogP contribution is -2.16. The van der Waals surface area contributed by atoms with Gasteiger partial charge < -0.3 is 10.4 Å². The molecule has 0 bridgehead atoms. The lowest BCUT2D eigenvalue weighted by atomic mass is 10.1. The topological polar surface area (TPSA) is 181 Å². The molecule has 0 saturated heterocycles. The molecule has 0 spiro atoms. The van der Waals surface area contributed by atoms with Crippen LogP contribution in [0.3, 0.4) is 0 Å². The van der Waals surface area contributed by atoms with Crippen LogP contribution in [0.4, 0.5) is 17.3 Å². The number of amides is 1. The number of hydrogen-bond donors (Lipinski definition) is 3. The Hall–Kier alpha value is -4.39. The number of carboxylic acids is 1. The Kier molecular flexibility index (Phi) is 6.11. The number of rotatable bonds is 7. The Morgan fingerprint density at radius 1 is 1.06 bits per heavy atom. The fourth-order valence-electron chi connectivity index (χ4n) is 2.57. The summed E-state index contributed by atoms with van der Waals surface area (Å²) in [6.45, 7) is 1.68. The van der Waals surface area contributed by atoms with Gasteiger partial charge in [-0.05, 0) is 43.3 Å². The molecule has 12 nitrogen and oxygen atoms in total. The van der Waals surface area contributed by atoms with Crippen LogP contribution in [0.5, 0.6) is 0 Å². The van der Waals surface area contributed by atoms with Gasteiger partial charge in [0.15, 0.2) is 0 Å². The van der Waals surface area contributed by atoms with Crippen molar-refractivity contribution in [1.82, 2.24) is 9.97 Å². The van der Waals surface area contributed by atoms with E-state index in [1.807, 2.05) is 0 Å². The van der Waals surface area contributed by atoms with Crippen molar-refractivity contribution in [2.75, 3.05) is 10.0 Å². The van der Waals surface area contributed by atoms with Gasteiger partial charge in [-0.25, -0.2) is 27.9 Å². The van der Waals surface area contributed by atoms with Gasteiger partial charge in [-0.3, -0.25) is 14.9 Å². The van der Waals surface area contributed by atoms with E-state index in [1.165, 1.54) is 30.5 Å². The largest absolute Gasteiger partial charge is 0.478 e. The number of nitrogens with zero attached hydrogens (tertiary/aromatic N) is 3. The van der Waals surface area contributed by atoms with Crippen LogP contribution in [0.2, 0.25) is 0 Å². The SMILES string of the molecule is Cc1ccnc(NS(=O)(=O)c2ccc(NC(=O)c3cc(C(=O)O)cc([N+](=O)[O-])c3)cc2)n1. The molecule has 0 aliphatic carbocycles. The second kappa shape index (κ2) is 8.77. The first-order chi connectivity index (χ1) is 15.0. The fraction of sp³-hybridized carbons (Fsp3) is 0.0526. The van der Waals surface area contributed by atoms with E-state index in [1.54, 1.807) is 13.0 Å². The first kappa shape index (κ1) is 22.3. The minimum atomic E-state index is -3.99. The van der Waals surface area contributed by atoms with Crippen molar-refractivity contribution in [3.05, 3.63) is 81.7 Å². The average molecular weight is 457 g/mol. The first-order valence-electron chi connectivity index (χ1n) is 8.82. The lowest BCUT2D eigenvalue weighted by molar-refractivity contribution is -0.384. The van der Waals surface area contributed by atoms with E-state index in [4.69, 9.17) is 5.11 Å². The van der Waals surface area contributed by atoms with Crippen LogP contribution < -0.4 is 10.0 Å². The Labute approximate surface area is 181 Å². The van der Waals surface area contributed by atoms with Crippen LogP contribution in [0.15, 0.2) is 59.6 Å². The third-order valence-corrected chi connectivity index (χ3v) is 5.42. The Balaban J connectivity index is 1.79. The third kappa shape index (κ3) is 5.20. The maximum atomic E-state index is 12.5. The van der Waals surface area contributed by atoms with Crippen LogP contribution in [0.25, 0.3) is 0 Å². The summed E-state index contributed by atoms with van der Waals surface area (Å²) in [5.41, 5.74) is -0.463. The van der Waals surface area contributed by atoms with Crippen molar-refractivity contribution in [2.45, 2.75) is 11.8 Å². The molecule has 0 fully saturated rings. The third-order valence-electron chi connectivity index (χ3n) is 4.08. The maximum absolute atomic E-state index is 12.5. The van der Waals surface area contributed by atoms with Gasteiger partial charge in [0.2, 0.25) is 5.95 Å². The highest BCUT2D eigenvalue weighted by Crippen LogP contribution is 2.20. The molecule has 3 aromatic rings. The number of hydrogen-bond acceptors (Lipinski definition) is 8. The van der Waals surface area contributed by atoms with Crippen LogP contribution in [-0.2, 0) is 10.0 Å². The number of carbonyl (C=O) groups is 2. The number of carboxylic acid groups (broad SMARTS) is 1. The van der Waals surface area contributed by atoms with Crippen molar-refractivity contribution in [3.63, 3.8) is 0 Å². The van der Waals surface area contributed by atoms with Gasteiger partial charge in [0.1, 0.15) is 0 Å². The smallest absolute Gasteiger partial charge is 0.335 e. The summed E-state index contributed by atoms with van der Waals surface area (Å²) >= 11 is 0. The molecule has 1 amide bonds. The number of carbonyl (C=O) groups excluding carboxylic acids is 1. The van der Waals surface area contributed by atoms with Crippen molar-refractivity contribution >= 4 is 39.2 Å². The van der Waals surface area contributed by atoms with Crippen LogP contribution in [0.1, 0.15) is 26.4 Å². The summed E-state index contributed by atoms with van der Waals surface area (Å²) in [4.78, 5) is 41.5. The average Bonchev–Trinajstić information content (AvgIpc) is 2.73. The summed E-state index contributed by atoms with van der Waals surface area (Å²) in [5, 5.41) is 22.5. The highest BCUT2D eigenvalue weighted by Gasteiger charge is 2.19. The van der Waals surface area contributed by atoms with E-state index < -0.39 is 38.1 Å². The number of nitrogens with one attached hydrogen (secondary N) is 2. The summed E-state index contributed by atoms with van der Waals surface area (Å²) < 4.78 is 27.2. The summed E-state index contributed by atoms with van der Waals surface area (Å²) in [6, 6.07) is 9.44. The molecular weight excluding hydrogens is 442 g/mol. The number of aromatic nitrogens is 2. The monoisotopic (exact) mass is 457 g/mol. The van der Waals surface area contributed by atoms with Crippen LogP contribution in [-0.4, -0.2) is 40.3 Å². The number of benzene rings is 2. The summed E-state index contributed by atoms with van der Waals surface area (Å²) in [5.74, 6) is -2.33. The standard InChI is InChI=1S/C19H15N5O7S/c1-11-6-7-20-19(21-11)23-32(30,31)16-4-2-14(3-5-16)22-17(25)12-8-13(18(26)27)10-15(9-12)24(28)29/h2-10H,1H3,(H,22,25)(H,26,27)(H,20,21,23). The number of anilines is 2. The molecular formula is C19H15N5O7S. The van der Waals surface area contributed by atoms with E-state index in [-0.39, 0.29) is 22.1 Å². The number of nitro benzene ring substituents is 1. The van der Waals surface area contributed by atoms with Gasteiger partial charge >= 0.3 is 5.97 Å². The number of aryl methyl sites for hydroxylation is 1. The number of aromatic carboxylic acids is 1. The molecule has 0 aliphatic rings. The molecule has 1 heterocycles. The van der Waals surface area contributed by atoms with Crippen LogP contribution >= 0.6 is 0 Å². The Morgan fingerprint density at radius 2 is 1.72 bits per heavy atom. The zero-order valence-electron chi connectivity index (χ0n) is 16.3. The van der Waals surface area contributed by atoms with Crippen molar-refractivity contribution in [3.8, 4) is 0 Å². The molecule has 13 heteroatoms. The lowest BCUT2D eigenvalue weighted by Gasteiger charge is -2.09. The summed E-state index contributed by atoms with van der Waals surface area (Å²) in [7, 11) is -3.99. The summed E-state index contributed by atoms with van der Waals surface area (Å²) in [6.07, 6.45) is 1.41. The predicted molar refractivity (Wildman–Crippen MR) is 112 cm³/mol. The zero-order chi connectivity index (χ0) is 23.5. The van der Waals surface area contributed by atoms with Gasteiger partial charge in [0.05, 0.1) is 15.4 Å².